The largest absolute Gasteiger partial charge is 0.768 e. The Labute approximate surface area is 187 Å². The van der Waals surface area contributed by atoms with Crippen molar-refractivity contribution >= 4 is 21.9 Å². The van der Waals surface area contributed by atoms with Crippen molar-refractivity contribution in [2.24, 2.45) is 0 Å². The normalized spacial score (nSPS) is 12.4. The molecule has 2 rings (SSSR count). The lowest BCUT2D eigenvalue weighted by molar-refractivity contribution is -0.929. The van der Waals surface area contributed by atoms with Crippen molar-refractivity contribution in [1.82, 2.24) is 0 Å². The number of nitrogens with zero attached hydrogens (tertiary/aromatic N) is 1. The molecule has 0 aliphatic rings. The molecule has 0 aromatic heterocycles. The summed E-state index contributed by atoms with van der Waals surface area (Å²) in [7, 11) is 0. The van der Waals surface area contributed by atoms with Crippen LogP contribution in [0.4, 0.5) is 0 Å². The van der Waals surface area contributed by atoms with E-state index >= 15 is 0 Å². The maximum atomic E-state index is 10.6. The van der Waals surface area contributed by atoms with E-state index in [1.54, 1.807) is 18.2 Å². The van der Waals surface area contributed by atoms with Gasteiger partial charge in [-0.15, -0.1) is 0 Å². The average Bonchev–Trinajstić information content (AvgIpc) is 2.78. The van der Waals surface area contributed by atoms with E-state index in [4.69, 9.17) is 0 Å². The van der Waals surface area contributed by atoms with E-state index in [1.807, 2.05) is 24.3 Å². The van der Waals surface area contributed by atoms with Crippen LogP contribution < -0.4 is 0 Å². The van der Waals surface area contributed by atoms with Crippen LogP contribution in [0.5, 0.6) is 0 Å². The highest BCUT2D eigenvalue weighted by Gasteiger charge is 2.24. The van der Waals surface area contributed by atoms with E-state index in [0.717, 1.165) is 10.8 Å². The molecule has 1 atom stereocenters. The molecule has 2 aromatic carbocycles. The summed E-state index contributed by atoms with van der Waals surface area (Å²) in [6.07, 6.45) is 11.1. The highest BCUT2D eigenvalue weighted by Crippen LogP contribution is 2.17. The lowest BCUT2D eigenvalue weighted by Gasteiger charge is -2.39. The number of hydrogen-bond acceptors (Lipinski definition) is 2. The number of quaternary nitrogens is 1. The van der Waals surface area contributed by atoms with E-state index in [1.165, 1.54) is 82.0 Å². The first-order valence-electron chi connectivity index (χ1n) is 11.9. The molecule has 2 aromatic rings. The van der Waals surface area contributed by atoms with Gasteiger partial charge in [0.2, 0.25) is 0 Å². The minimum absolute atomic E-state index is 0.332. The van der Waals surface area contributed by atoms with Crippen molar-refractivity contribution in [3.63, 3.8) is 0 Å². The number of rotatable bonds is 13. The zero-order valence-corrected chi connectivity index (χ0v) is 20.5. The van der Waals surface area contributed by atoms with Gasteiger partial charge in [-0.1, -0.05) is 83.7 Å². The lowest BCUT2D eigenvalue weighted by Crippen LogP contribution is -2.50. The van der Waals surface area contributed by atoms with Crippen molar-refractivity contribution < 1.29 is 13.2 Å². The molecule has 0 N–H and O–H groups in total. The van der Waals surface area contributed by atoms with Gasteiger partial charge in [0.05, 0.1) is 26.2 Å². The molecule has 0 saturated heterocycles. The van der Waals surface area contributed by atoms with Gasteiger partial charge in [-0.2, -0.15) is 0 Å². The van der Waals surface area contributed by atoms with Gasteiger partial charge in [0.1, 0.15) is 0 Å². The zero-order valence-electron chi connectivity index (χ0n) is 19.7. The van der Waals surface area contributed by atoms with Crippen LogP contribution in [0.1, 0.15) is 79.1 Å². The van der Waals surface area contributed by atoms with Crippen LogP contribution in [-0.2, 0) is 11.1 Å². The number of hydrogen-bond donors (Lipinski definition) is 0. The molecule has 0 aliphatic carbocycles. The minimum Gasteiger partial charge on any atom is -0.768 e. The smallest absolute Gasteiger partial charge is 0.0786 e. The molecule has 0 amide bonds. The van der Waals surface area contributed by atoms with Crippen LogP contribution in [0.2, 0.25) is 0 Å². The topological polar surface area (TPSA) is 40.1 Å². The highest BCUT2D eigenvalue weighted by molar-refractivity contribution is 7.79. The average molecular weight is 434 g/mol. The maximum Gasteiger partial charge on any atom is 0.0786 e. The third-order valence-electron chi connectivity index (χ3n) is 5.86. The minimum atomic E-state index is -2.13. The fourth-order valence-corrected chi connectivity index (χ4v) is 4.32. The highest BCUT2D eigenvalue weighted by atomic mass is 32.2. The number of unbranched alkanes of at least 4 members (excludes halogenated alkanes) is 4. The van der Waals surface area contributed by atoms with Gasteiger partial charge < -0.3 is 9.04 Å². The van der Waals surface area contributed by atoms with Crippen molar-refractivity contribution in [3.8, 4) is 0 Å². The lowest BCUT2D eigenvalue weighted by atomic mass is 10.1. The standard InChI is InChI=1S/C16H36N.C10H8O2S/c1-5-9-13-17(14-10-6-2,15-11-7-3)16-12-8-4;11-13(12)10-6-5-8-3-1-2-4-9(8)7-10/h5-16H2,1-4H3;1-7H,(H,11,12)/q+1;/p-1. The molecule has 0 radical (unpaired) electrons. The fraction of sp³-hybridized carbons (Fsp3) is 0.615. The van der Waals surface area contributed by atoms with Gasteiger partial charge in [-0.3, -0.25) is 4.21 Å². The van der Waals surface area contributed by atoms with E-state index in [0.29, 0.717) is 4.90 Å². The Morgan fingerprint density at radius 2 is 1.13 bits per heavy atom. The molecule has 0 bridgehead atoms. The molecule has 0 fully saturated rings. The summed E-state index contributed by atoms with van der Waals surface area (Å²) >= 11 is -2.13. The van der Waals surface area contributed by atoms with Gasteiger partial charge in [-0.05, 0) is 59.7 Å². The molecular formula is C26H43NO2S. The molecule has 0 saturated carbocycles. The van der Waals surface area contributed by atoms with Crippen LogP contribution in [0.15, 0.2) is 47.4 Å². The van der Waals surface area contributed by atoms with Crippen molar-refractivity contribution in [3.05, 3.63) is 42.5 Å². The predicted octanol–water partition coefficient (Wildman–Crippen LogP) is 7.08. The Balaban J connectivity index is 0.000000308. The maximum absolute atomic E-state index is 10.6. The van der Waals surface area contributed by atoms with Gasteiger partial charge in [0, 0.05) is 4.90 Å². The van der Waals surface area contributed by atoms with E-state index in [2.05, 4.69) is 27.7 Å². The first-order valence-corrected chi connectivity index (χ1v) is 13.0. The zero-order chi connectivity index (χ0) is 22.2. The third-order valence-corrected chi connectivity index (χ3v) is 6.50. The molecule has 0 spiro atoms. The van der Waals surface area contributed by atoms with Crippen molar-refractivity contribution in [2.75, 3.05) is 26.2 Å². The summed E-state index contributed by atoms with van der Waals surface area (Å²) in [6, 6.07) is 12.7. The van der Waals surface area contributed by atoms with E-state index in [9.17, 15) is 8.76 Å². The molecule has 3 nitrogen and oxygen atoms in total. The Hall–Kier alpha value is -1.23. The van der Waals surface area contributed by atoms with E-state index < -0.39 is 11.1 Å². The first kappa shape index (κ1) is 26.8. The Morgan fingerprint density at radius 1 is 0.700 bits per heavy atom. The second-order valence-electron chi connectivity index (χ2n) is 8.39. The predicted molar refractivity (Wildman–Crippen MR) is 130 cm³/mol. The summed E-state index contributed by atoms with van der Waals surface area (Å²) < 4.78 is 22.7. The summed E-state index contributed by atoms with van der Waals surface area (Å²) in [5.41, 5.74) is 0. The molecule has 1 unspecified atom stereocenters. The van der Waals surface area contributed by atoms with Crippen LogP contribution >= 0.6 is 0 Å². The third kappa shape index (κ3) is 9.72. The van der Waals surface area contributed by atoms with Crippen LogP contribution in [0.3, 0.4) is 0 Å². The summed E-state index contributed by atoms with van der Waals surface area (Å²) in [6.45, 7) is 15.0. The Kier molecular flexibility index (Phi) is 13.9. The Morgan fingerprint density at radius 3 is 1.53 bits per heavy atom. The number of fused-ring (bicyclic) bond motifs is 1. The van der Waals surface area contributed by atoms with Crippen molar-refractivity contribution in [1.29, 1.82) is 0 Å². The monoisotopic (exact) mass is 433 g/mol. The molecular weight excluding hydrogens is 390 g/mol. The molecule has 30 heavy (non-hydrogen) atoms. The van der Waals surface area contributed by atoms with Gasteiger partial charge in [-0.25, -0.2) is 0 Å². The molecule has 0 heterocycles. The van der Waals surface area contributed by atoms with Gasteiger partial charge in [0.25, 0.3) is 0 Å². The quantitative estimate of drug-likeness (QED) is 0.250. The SMILES string of the molecule is CCCC[N+](CCCC)(CCCC)CCCC.O=S([O-])c1ccc2ccccc2c1. The van der Waals surface area contributed by atoms with Gasteiger partial charge in [0.15, 0.2) is 0 Å². The van der Waals surface area contributed by atoms with E-state index in [-0.39, 0.29) is 0 Å². The second kappa shape index (κ2) is 15.6. The second-order valence-corrected chi connectivity index (χ2v) is 9.33. The Bertz CT molecular complexity index is 694. The van der Waals surface area contributed by atoms with Crippen molar-refractivity contribution in [2.45, 2.75) is 84.0 Å². The summed E-state index contributed by atoms with van der Waals surface area (Å²) in [5, 5.41) is 2.00. The van der Waals surface area contributed by atoms with Gasteiger partial charge >= 0.3 is 0 Å². The van der Waals surface area contributed by atoms with Crippen LogP contribution in [0, 0.1) is 0 Å². The fourth-order valence-electron chi connectivity index (χ4n) is 3.92. The number of benzene rings is 2. The summed E-state index contributed by atoms with van der Waals surface area (Å²) in [4.78, 5) is 0.332. The van der Waals surface area contributed by atoms with Crippen LogP contribution in [0.25, 0.3) is 10.8 Å². The molecule has 4 heteroatoms. The first-order chi connectivity index (χ1) is 14.5. The molecule has 0 aliphatic heterocycles. The van der Waals surface area contributed by atoms with Crippen LogP contribution in [-0.4, -0.2) is 39.4 Å². The molecule has 170 valence electrons. The summed E-state index contributed by atoms with van der Waals surface area (Å²) in [5.74, 6) is 0.